The molecule has 0 saturated carbocycles. The van der Waals surface area contributed by atoms with Crippen molar-refractivity contribution >= 4 is 16.9 Å². The summed E-state index contributed by atoms with van der Waals surface area (Å²) in [7, 11) is 3.43. The van der Waals surface area contributed by atoms with E-state index in [2.05, 4.69) is 20.2 Å². The summed E-state index contributed by atoms with van der Waals surface area (Å²) in [6, 6.07) is 8.68. The SMILES string of the molecule is CC(Oc1ccc2[nH]nc(-c3nc4c([nH]3)CN(C(=O)N(C)C)C4)c2c1)c1cc(F)cc(F)c1. The number of H-pyrrole nitrogens is 2. The van der Waals surface area contributed by atoms with E-state index in [0.717, 1.165) is 28.4 Å². The average molecular weight is 452 g/mol. The Kier molecular flexibility index (Phi) is 4.99. The van der Waals surface area contributed by atoms with Crippen molar-refractivity contribution in [3.8, 4) is 17.3 Å². The maximum atomic E-state index is 13.6. The van der Waals surface area contributed by atoms with Gasteiger partial charge in [0.15, 0.2) is 5.82 Å². The second-order valence-corrected chi connectivity index (χ2v) is 8.29. The van der Waals surface area contributed by atoms with E-state index in [-0.39, 0.29) is 6.03 Å². The molecule has 1 aliphatic heterocycles. The number of imidazole rings is 1. The minimum absolute atomic E-state index is 0.0674. The molecule has 0 fully saturated rings. The van der Waals surface area contributed by atoms with Gasteiger partial charge in [0.2, 0.25) is 0 Å². The van der Waals surface area contributed by atoms with E-state index in [9.17, 15) is 13.6 Å². The van der Waals surface area contributed by atoms with Gasteiger partial charge in [0, 0.05) is 25.5 Å². The first kappa shape index (κ1) is 20.9. The summed E-state index contributed by atoms with van der Waals surface area (Å²) in [5, 5.41) is 8.18. The number of aromatic amines is 2. The molecule has 2 N–H and O–H groups in total. The highest BCUT2D eigenvalue weighted by Crippen LogP contribution is 2.32. The van der Waals surface area contributed by atoms with Crippen LogP contribution in [0.3, 0.4) is 0 Å². The van der Waals surface area contributed by atoms with Gasteiger partial charge in [-0.05, 0) is 42.8 Å². The lowest BCUT2D eigenvalue weighted by atomic mass is 10.1. The van der Waals surface area contributed by atoms with Gasteiger partial charge >= 0.3 is 6.03 Å². The lowest BCUT2D eigenvalue weighted by Gasteiger charge is -2.20. The highest BCUT2D eigenvalue weighted by molar-refractivity contribution is 5.92. The smallest absolute Gasteiger partial charge is 0.320 e. The molecule has 2 amide bonds. The predicted octanol–water partition coefficient (Wildman–Crippen LogP) is 4.37. The third kappa shape index (κ3) is 3.88. The van der Waals surface area contributed by atoms with Crippen LogP contribution >= 0.6 is 0 Å². The van der Waals surface area contributed by atoms with Gasteiger partial charge in [0.25, 0.3) is 0 Å². The molecular formula is C23H22F2N6O2. The topological polar surface area (TPSA) is 90.1 Å². The largest absolute Gasteiger partial charge is 0.486 e. The van der Waals surface area contributed by atoms with Gasteiger partial charge in [0.05, 0.1) is 30.0 Å². The molecule has 1 aliphatic rings. The summed E-state index contributed by atoms with van der Waals surface area (Å²) in [5.74, 6) is -0.167. The zero-order valence-electron chi connectivity index (χ0n) is 18.3. The molecule has 5 rings (SSSR count). The number of fused-ring (bicyclic) bond motifs is 2. The van der Waals surface area contributed by atoms with Gasteiger partial charge in [-0.1, -0.05) is 0 Å². The maximum Gasteiger partial charge on any atom is 0.320 e. The summed E-state index contributed by atoms with van der Waals surface area (Å²) < 4.78 is 33.1. The number of amides is 2. The van der Waals surface area contributed by atoms with E-state index < -0.39 is 17.7 Å². The molecular weight excluding hydrogens is 430 g/mol. The van der Waals surface area contributed by atoms with Crippen LogP contribution in [0.1, 0.15) is 30.0 Å². The number of nitrogens with one attached hydrogen (secondary N) is 2. The van der Waals surface area contributed by atoms with E-state index in [1.54, 1.807) is 32.0 Å². The molecule has 2 aromatic heterocycles. The zero-order chi connectivity index (χ0) is 23.3. The number of hydrogen-bond acceptors (Lipinski definition) is 4. The Morgan fingerprint density at radius 1 is 1.15 bits per heavy atom. The molecule has 0 saturated heterocycles. The number of aromatic nitrogens is 4. The Morgan fingerprint density at radius 3 is 2.61 bits per heavy atom. The monoisotopic (exact) mass is 452 g/mol. The van der Waals surface area contributed by atoms with Crippen molar-refractivity contribution in [2.24, 2.45) is 0 Å². The van der Waals surface area contributed by atoms with Crippen LogP contribution in [0.15, 0.2) is 36.4 Å². The first-order valence-corrected chi connectivity index (χ1v) is 10.4. The number of urea groups is 1. The fraction of sp³-hybridized carbons (Fsp3) is 0.261. The van der Waals surface area contributed by atoms with Gasteiger partial charge in [-0.25, -0.2) is 18.6 Å². The average Bonchev–Trinajstić information content (AvgIpc) is 3.44. The highest BCUT2D eigenvalue weighted by atomic mass is 19.1. The van der Waals surface area contributed by atoms with Crippen molar-refractivity contribution in [3.63, 3.8) is 0 Å². The van der Waals surface area contributed by atoms with E-state index in [4.69, 9.17) is 4.74 Å². The summed E-state index contributed by atoms with van der Waals surface area (Å²) in [4.78, 5) is 23.4. The van der Waals surface area contributed by atoms with Crippen LogP contribution in [-0.2, 0) is 13.1 Å². The Bertz CT molecular complexity index is 1320. The van der Waals surface area contributed by atoms with Crippen molar-refractivity contribution in [2.45, 2.75) is 26.1 Å². The Balaban J connectivity index is 1.40. The molecule has 0 radical (unpaired) electrons. The van der Waals surface area contributed by atoms with E-state index in [1.165, 1.54) is 17.0 Å². The Morgan fingerprint density at radius 2 is 1.91 bits per heavy atom. The van der Waals surface area contributed by atoms with E-state index in [0.29, 0.717) is 35.9 Å². The quantitative estimate of drug-likeness (QED) is 0.481. The number of nitrogens with zero attached hydrogens (tertiary/aromatic N) is 4. The summed E-state index contributed by atoms with van der Waals surface area (Å²) in [5.41, 5.74) is 3.51. The van der Waals surface area contributed by atoms with Crippen LogP contribution in [0.25, 0.3) is 22.4 Å². The zero-order valence-corrected chi connectivity index (χ0v) is 18.3. The van der Waals surface area contributed by atoms with Gasteiger partial charge in [-0.15, -0.1) is 0 Å². The molecule has 8 nitrogen and oxygen atoms in total. The Hall–Kier alpha value is -3.95. The van der Waals surface area contributed by atoms with Crippen LogP contribution in [-0.4, -0.2) is 50.1 Å². The maximum absolute atomic E-state index is 13.6. The number of hydrogen-bond donors (Lipinski definition) is 2. The minimum Gasteiger partial charge on any atom is -0.486 e. The number of carbonyl (C=O) groups excluding carboxylic acids is 1. The van der Waals surface area contributed by atoms with Crippen molar-refractivity contribution in [3.05, 3.63) is 65.0 Å². The molecule has 0 aliphatic carbocycles. The summed E-state index contributed by atoms with van der Waals surface area (Å²) >= 11 is 0. The summed E-state index contributed by atoms with van der Waals surface area (Å²) in [6.07, 6.45) is -0.560. The molecule has 33 heavy (non-hydrogen) atoms. The molecule has 10 heteroatoms. The fourth-order valence-corrected chi connectivity index (χ4v) is 3.99. The van der Waals surface area contributed by atoms with Crippen molar-refractivity contribution in [1.29, 1.82) is 0 Å². The van der Waals surface area contributed by atoms with E-state index >= 15 is 0 Å². The first-order chi connectivity index (χ1) is 15.8. The van der Waals surface area contributed by atoms with Crippen molar-refractivity contribution in [2.75, 3.05) is 14.1 Å². The van der Waals surface area contributed by atoms with Crippen molar-refractivity contribution < 1.29 is 18.3 Å². The van der Waals surface area contributed by atoms with Gasteiger partial charge < -0.3 is 19.5 Å². The number of benzene rings is 2. The molecule has 2 aromatic carbocycles. The van der Waals surface area contributed by atoms with Crippen LogP contribution < -0.4 is 4.74 Å². The Labute approximate surface area is 188 Å². The standard InChI is InChI=1S/C23H22F2N6O2/c1-12(13-6-14(24)8-15(25)7-13)33-16-4-5-18-17(9-16)21(29-28-18)22-26-19-10-31(11-20(19)27-22)23(32)30(2)3/h4-9,12H,10-11H2,1-3H3,(H,26,27)(H,28,29). The predicted molar refractivity (Wildman–Crippen MR) is 117 cm³/mol. The lowest BCUT2D eigenvalue weighted by Crippen LogP contribution is -2.35. The van der Waals surface area contributed by atoms with Gasteiger partial charge in [0.1, 0.15) is 29.2 Å². The van der Waals surface area contributed by atoms with Crippen LogP contribution in [0.4, 0.5) is 13.6 Å². The molecule has 1 atom stereocenters. The number of rotatable bonds is 4. The molecule has 3 heterocycles. The van der Waals surface area contributed by atoms with Crippen LogP contribution in [0, 0.1) is 11.6 Å². The third-order valence-electron chi connectivity index (χ3n) is 5.63. The van der Waals surface area contributed by atoms with Crippen molar-refractivity contribution in [1.82, 2.24) is 30.0 Å². The van der Waals surface area contributed by atoms with Crippen LogP contribution in [0.2, 0.25) is 0 Å². The fourth-order valence-electron chi connectivity index (χ4n) is 3.99. The minimum atomic E-state index is -0.648. The number of ether oxygens (including phenoxy) is 1. The van der Waals surface area contributed by atoms with E-state index in [1.807, 2.05) is 12.1 Å². The second-order valence-electron chi connectivity index (χ2n) is 8.29. The van der Waals surface area contributed by atoms with Gasteiger partial charge in [-0.2, -0.15) is 5.10 Å². The molecule has 4 aromatic rings. The lowest BCUT2D eigenvalue weighted by molar-refractivity contribution is 0.170. The van der Waals surface area contributed by atoms with Crippen LogP contribution in [0.5, 0.6) is 5.75 Å². The number of carbonyl (C=O) groups is 1. The molecule has 0 bridgehead atoms. The first-order valence-electron chi connectivity index (χ1n) is 10.4. The molecule has 0 spiro atoms. The third-order valence-corrected chi connectivity index (χ3v) is 5.63. The highest BCUT2D eigenvalue weighted by Gasteiger charge is 2.28. The number of halogens is 2. The molecule has 170 valence electrons. The normalized spacial score (nSPS) is 13.9. The van der Waals surface area contributed by atoms with Gasteiger partial charge in [-0.3, -0.25) is 5.10 Å². The molecule has 1 unspecified atom stereocenters. The second kappa shape index (κ2) is 7.88. The summed E-state index contributed by atoms with van der Waals surface area (Å²) in [6.45, 7) is 2.62.